The van der Waals surface area contributed by atoms with Gasteiger partial charge in [-0.15, -0.1) is 4.31 Å². The van der Waals surface area contributed by atoms with Crippen LogP contribution in [-0.4, -0.2) is 10.2 Å². The molecule has 0 spiro atoms. The van der Waals surface area contributed by atoms with Crippen molar-refractivity contribution in [3.8, 4) is 23.0 Å². The summed E-state index contributed by atoms with van der Waals surface area (Å²) in [5, 5.41) is 18.7. The van der Waals surface area contributed by atoms with Crippen LogP contribution in [0.1, 0.15) is 18.9 Å². The summed E-state index contributed by atoms with van der Waals surface area (Å²) in [5.74, 6) is -0.933. The Balaban J connectivity index is 0.000000339. The van der Waals surface area contributed by atoms with Crippen molar-refractivity contribution in [2.24, 2.45) is 0 Å². The van der Waals surface area contributed by atoms with Crippen LogP contribution in [0.25, 0.3) is 0 Å². The van der Waals surface area contributed by atoms with E-state index in [-0.39, 0.29) is 23.0 Å². The molecular weight excluding hydrogens is 602 g/mol. The first kappa shape index (κ1) is 32.6. The average Bonchev–Trinajstić information content (AvgIpc) is 3.03. The maximum absolute atomic E-state index is 13.7. The normalized spacial score (nSPS) is 11.4. The van der Waals surface area contributed by atoms with Crippen LogP contribution in [-0.2, 0) is 19.2 Å². The van der Waals surface area contributed by atoms with E-state index in [9.17, 15) is 19.3 Å². The summed E-state index contributed by atoms with van der Waals surface area (Å²) in [5.41, 5.74) is 0.544. The summed E-state index contributed by atoms with van der Waals surface area (Å²) in [6, 6.07) is 41.8. The third-order valence-corrected chi connectivity index (χ3v) is 9.11. The van der Waals surface area contributed by atoms with Gasteiger partial charge in [0.25, 0.3) is 0 Å². The lowest BCUT2D eigenvalue weighted by molar-refractivity contribution is -0.171. The van der Waals surface area contributed by atoms with Gasteiger partial charge in [0.1, 0.15) is 23.0 Å². The first-order valence-corrected chi connectivity index (χ1v) is 16.5. The predicted octanol–water partition coefficient (Wildman–Crippen LogP) is 8.77. The third kappa shape index (κ3) is 10.1. The van der Waals surface area contributed by atoms with E-state index in [4.69, 9.17) is 22.4 Å². The molecule has 0 bridgehead atoms. The molecule has 0 radical (unpaired) electrons. The minimum atomic E-state index is -4.57. The Morgan fingerprint density at radius 3 is 0.977 bits per heavy atom. The molecule has 0 aromatic heterocycles. The maximum Gasteiger partial charge on any atom is 0.598 e. The number of aliphatic hydroxyl groups is 2. The molecule has 9 nitrogen and oxygen atoms in total. The zero-order valence-electron chi connectivity index (χ0n) is 23.8. The minimum absolute atomic E-state index is 0.183. The van der Waals surface area contributed by atoms with Crippen molar-refractivity contribution in [3.63, 3.8) is 0 Å². The molecule has 0 amide bonds. The van der Waals surface area contributed by atoms with E-state index in [1.54, 1.807) is 153 Å². The van der Waals surface area contributed by atoms with Gasteiger partial charge in [-0.2, -0.15) is 0 Å². The molecule has 5 aromatic rings. The number of para-hydroxylation sites is 4. The molecule has 0 atom stereocenters. The van der Waals surface area contributed by atoms with Gasteiger partial charge in [-0.3, -0.25) is 0 Å². The van der Waals surface area contributed by atoms with Gasteiger partial charge in [-0.1, -0.05) is 110 Å². The molecule has 2 N–H and O–H groups in total. The maximum atomic E-state index is 13.7. The predicted molar refractivity (Wildman–Crippen MR) is 167 cm³/mol. The Labute approximate surface area is 256 Å². The Morgan fingerprint density at radius 1 is 0.477 bits per heavy atom. The molecule has 0 unspecified atom stereocenters. The molecular formula is C33H32O9P2. The van der Waals surface area contributed by atoms with Crippen molar-refractivity contribution in [1.82, 2.24) is 0 Å². The van der Waals surface area contributed by atoms with Crippen LogP contribution < -0.4 is 18.1 Å². The zero-order chi connectivity index (χ0) is 31.3. The van der Waals surface area contributed by atoms with E-state index < -0.39 is 21.4 Å². The number of phosphoric acid groups is 2. The van der Waals surface area contributed by atoms with Crippen molar-refractivity contribution in [2.75, 3.05) is 0 Å². The summed E-state index contributed by atoms with van der Waals surface area (Å²) in [6.45, 7) is 1.73. The lowest BCUT2D eigenvalue weighted by Gasteiger charge is -2.23. The first-order chi connectivity index (χ1) is 21.2. The van der Waals surface area contributed by atoms with Gasteiger partial charge in [-0.25, -0.2) is 9.13 Å². The van der Waals surface area contributed by atoms with Gasteiger partial charge in [0.05, 0.1) is 0 Å². The van der Waals surface area contributed by atoms with E-state index >= 15 is 0 Å². The Bertz CT molecular complexity index is 1450. The fraction of sp³-hybridized carbons (Fsp3) is 0.0909. The van der Waals surface area contributed by atoms with Gasteiger partial charge >= 0.3 is 15.6 Å². The molecule has 0 aliphatic heterocycles. The highest BCUT2D eigenvalue weighted by atomic mass is 31.3. The minimum Gasteiger partial charge on any atom is -0.395 e. The van der Waals surface area contributed by atoms with Gasteiger partial charge in [0, 0.05) is 12.0 Å². The number of hydrogen-bond acceptors (Lipinski definition) is 9. The first-order valence-electron chi connectivity index (χ1n) is 13.6. The topological polar surface area (TPSA) is 121 Å². The van der Waals surface area contributed by atoms with Crippen LogP contribution in [0.3, 0.4) is 0 Å². The molecule has 228 valence electrons. The second kappa shape index (κ2) is 15.4. The Hall–Kier alpha value is -4.36. The molecule has 0 saturated carbocycles. The van der Waals surface area contributed by atoms with Crippen molar-refractivity contribution in [2.45, 2.75) is 19.1 Å². The molecule has 5 rings (SSSR count). The van der Waals surface area contributed by atoms with Crippen LogP contribution in [0.15, 0.2) is 152 Å². The second-order valence-corrected chi connectivity index (χ2v) is 12.3. The van der Waals surface area contributed by atoms with Gasteiger partial charge < -0.3 is 28.3 Å². The van der Waals surface area contributed by atoms with Crippen LogP contribution in [0.4, 0.5) is 0 Å². The summed E-state index contributed by atoms with van der Waals surface area (Å²) in [4.78, 5) is 0. The molecule has 0 heterocycles. The van der Waals surface area contributed by atoms with Crippen LogP contribution in [0.5, 0.6) is 23.0 Å². The lowest BCUT2D eigenvalue weighted by atomic mass is 10.0. The fourth-order valence-electron chi connectivity index (χ4n) is 3.58. The van der Waals surface area contributed by atoms with E-state index in [0.717, 1.165) is 0 Å². The largest absolute Gasteiger partial charge is 0.598 e. The molecule has 0 saturated heterocycles. The van der Waals surface area contributed by atoms with Crippen LogP contribution in [0, 0.1) is 0 Å². The lowest BCUT2D eigenvalue weighted by Crippen LogP contribution is -2.23. The molecule has 0 aliphatic carbocycles. The summed E-state index contributed by atoms with van der Waals surface area (Å²) in [7, 11) is -9.14. The third-order valence-electron chi connectivity index (χ3n) is 5.77. The summed E-state index contributed by atoms with van der Waals surface area (Å²) >= 11 is 0. The van der Waals surface area contributed by atoms with Gasteiger partial charge in [0.2, 0.25) is 0 Å². The van der Waals surface area contributed by atoms with Crippen molar-refractivity contribution in [3.05, 3.63) is 157 Å². The second-order valence-electron chi connectivity index (χ2n) is 9.13. The van der Waals surface area contributed by atoms with E-state index in [1.807, 2.05) is 6.07 Å². The highest BCUT2D eigenvalue weighted by Gasteiger charge is 2.46. The molecule has 5 aromatic carbocycles. The summed E-state index contributed by atoms with van der Waals surface area (Å²) < 4.78 is 55.2. The number of phosphoric ester groups is 2. The molecule has 44 heavy (non-hydrogen) atoms. The number of rotatable bonds is 12. The fourth-order valence-corrected chi connectivity index (χ4v) is 6.68. The number of benzene rings is 5. The highest BCUT2D eigenvalue weighted by Crippen LogP contribution is 2.64. The van der Waals surface area contributed by atoms with E-state index in [2.05, 4.69) is 0 Å². The molecule has 11 heteroatoms. The quantitative estimate of drug-likeness (QED) is 0.102. The van der Waals surface area contributed by atoms with Crippen molar-refractivity contribution >= 4 is 15.6 Å². The standard InChI is InChI=1S/C24H20O7P2.C9H12O2/c25-32(27-21-13-5-1-6-14-21,28-22-15-7-2-8-16-22)31-33(26,29-23-17-9-3-10-18-23)30-24-19-11-4-12-20-24;1-2-9(10,11)8-6-4-3-5-7-8/h1-20H;3-7,10-11H,2H2,1H3. The highest BCUT2D eigenvalue weighted by molar-refractivity contribution is 7.63. The van der Waals surface area contributed by atoms with Crippen LogP contribution >= 0.6 is 15.6 Å². The molecule has 0 aliphatic rings. The van der Waals surface area contributed by atoms with E-state index in [0.29, 0.717) is 12.0 Å². The Morgan fingerprint density at radius 2 is 0.727 bits per heavy atom. The SMILES string of the molecule is CCC(O)(O)c1ccccc1.O=P(Oc1ccccc1)(Oc1ccccc1)OP(=O)(Oc1ccccc1)Oc1ccccc1. The van der Waals surface area contributed by atoms with Crippen molar-refractivity contribution < 1.29 is 41.7 Å². The Kier molecular flexibility index (Phi) is 11.4. The monoisotopic (exact) mass is 634 g/mol. The van der Waals surface area contributed by atoms with Crippen LogP contribution in [0.2, 0.25) is 0 Å². The van der Waals surface area contributed by atoms with Crippen molar-refractivity contribution in [1.29, 1.82) is 0 Å². The zero-order valence-corrected chi connectivity index (χ0v) is 25.6. The number of hydrogen-bond donors (Lipinski definition) is 2. The van der Waals surface area contributed by atoms with Gasteiger partial charge in [-0.05, 0) is 48.5 Å². The average molecular weight is 635 g/mol. The summed E-state index contributed by atoms with van der Waals surface area (Å²) in [6.07, 6.45) is 0.303. The van der Waals surface area contributed by atoms with Gasteiger partial charge in [0.15, 0.2) is 5.79 Å². The van der Waals surface area contributed by atoms with E-state index in [1.165, 1.54) is 0 Å². The molecule has 0 fully saturated rings. The smallest absolute Gasteiger partial charge is 0.395 e.